The summed E-state index contributed by atoms with van der Waals surface area (Å²) >= 11 is 0. The molecule has 0 amide bonds. The summed E-state index contributed by atoms with van der Waals surface area (Å²) in [6.45, 7) is 0.476. The van der Waals surface area contributed by atoms with Crippen LogP contribution < -0.4 is 5.73 Å². The minimum Gasteiger partial charge on any atom is -0.436 e. The summed E-state index contributed by atoms with van der Waals surface area (Å²) < 4.78 is 6.05. The molecule has 160 valence electrons. The van der Waals surface area contributed by atoms with Crippen LogP contribution in [0.2, 0.25) is 0 Å². The lowest BCUT2D eigenvalue weighted by Crippen LogP contribution is -2.16. The average molecular weight is 431 g/mol. The molecule has 0 spiro atoms. The number of benzene rings is 4. The smallest absolute Gasteiger partial charge is 0.228 e. The van der Waals surface area contributed by atoms with E-state index in [-0.39, 0.29) is 0 Å². The number of hydrogen-bond acceptors (Lipinski definition) is 3. The third-order valence-corrected chi connectivity index (χ3v) is 5.24. The lowest BCUT2D eigenvalue weighted by Gasteiger charge is -2.09. The van der Waals surface area contributed by atoms with Crippen molar-refractivity contribution >= 4 is 22.8 Å². The monoisotopic (exact) mass is 430 g/mol. The van der Waals surface area contributed by atoms with E-state index in [0.717, 1.165) is 33.4 Å². The van der Waals surface area contributed by atoms with E-state index in [9.17, 15) is 0 Å². The van der Waals surface area contributed by atoms with Gasteiger partial charge in [0.05, 0.1) is 6.54 Å². The SMILES string of the molecule is N/C(=N\C(=N/Cc1ccccc1)c1ccccc1-c1nc2ccccc2o1)c1ccccc1. The van der Waals surface area contributed by atoms with Crippen LogP contribution >= 0.6 is 0 Å². The molecule has 1 aromatic heterocycles. The molecule has 0 radical (unpaired) electrons. The van der Waals surface area contributed by atoms with Crippen LogP contribution in [0.1, 0.15) is 16.7 Å². The molecule has 5 aromatic rings. The van der Waals surface area contributed by atoms with Crippen LogP contribution in [0.4, 0.5) is 0 Å². The molecule has 5 rings (SSSR count). The molecule has 1 heterocycles. The summed E-state index contributed by atoms with van der Waals surface area (Å²) in [4.78, 5) is 14.3. The number of oxazole rings is 1. The Hall–Kier alpha value is -4.51. The fourth-order valence-electron chi connectivity index (χ4n) is 3.57. The van der Waals surface area contributed by atoms with Gasteiger partial charge in [-0.15, -0.1) is 0 Å². The molecule has 0 atom stereocenters. The third kappa shape index (κ3) is 4.57. The zero-order valence-electron chi connectivity index (χ0n) is 17.9. The minimum absolute atomic E-state index is 0.398. The van der Waals surface area contributed by atoms with Crippen molar-refractivity contribution in [2.24, 2.45) is 15.7 Å². The van der Waals surface area contributed by atoms with E-state index in [4.69, 9.17) is 20.1 Å². The zero-order chi connectivity index (χ0) is 22.5. The van der Waals surface area contributed by atoms with Crippen molar-refractivity contribution in [1.82, 2.24) is 4.98 Å². The van der Waals surface area contributed by atoms with Crippen molar-refractivity contribution < 1.29 is 4.42 Å². The van der Waals surface area contributed by atoms with Crippen LogP contribution in [0, 0.1) is 0 Å². The highest BCUT2D eigenvalue weighted by Gasteiger charge is 2.16. The van der Waals surface area contributed by atoms with Gasteiger partial charge in [0, 0.05) is 16.7 Å². The van der Waals surface area contributed by atoms with E-state index >= 15 is 0 Å². The first-order valence-corrected chi connectivity index (χ1v) is 10.7. The summed E-state index contributed by atoms with van der Waals surface area (Å²) in [7, 11) is 0. The van der Waals surface area contributed by atoms with Crippen molar-refractivity contribution in [1.29, 1.82) is 0 Å². The number of rotatable bonds is 5. The standard InChI is InChI=1S/C28H22N4O/c29-26(21-13-5-2-6-14-21)32-27(30-19-20-11-3-1-4-12-20)22-15-7-8-16-23(22)28-31-24-17-9-10-18-25(24)33-28/h1-18H,19H2,(H2,29,30,32). The van der Waals surface area contributed by atoms with Crippen LogP contribution in [0.15, 0.2) is 124 Å². The highest BCUT2D eigenvalue weighted by Crippen LogP contribution is 2.28. The maximum absolute atomic E-state index is 6.38. The Labute approximate surface area is 192 Å². The predicted molar refractivity (Wildman–Crippen MR) is 133 cm³/mol. The first-order chi connectivity index (χ1) is 16.3. The molecule has 0 fully saturated rings. The van der Waals surface area contributed by atoms with Gasteiger partial charge in [0.15, 0.2) is 11.4 Å². The number of para-hydroxylation sites is 2. The molecule has 0 bridgehead atoms. The van der Waals surface area contributed by atoms with Crippen LogP contribution in [-0.2, 0) is 6.54 Å². The van der Waals surface area contributed by atoms with Crippen molar-refractivity contribution in [3.63, 3.8) is 0 Å². The summed E-state index contributed by atoms with van der Waals surface area (Å²) in [5.74, 6) is 1.44. The molecular weight excluding hydrogens is 408 g/mol. The van der Waals surface area contributed by atoms with Gasteiger partial charge < -0.3 is 10.2 Å². The van der Waals surface area contributed by atoms with Gasteiger partial charge in [-0.25, -0.2) is 9.98 Å². The van der Waals surface area contributed by atoms with E-state index < -0.39 is 0 Å². The van der Waals surface area contributed by atoms with Crippen LogP contribution in [0.3, 0.4) is 0 Å². The first-order valence-electron chi connectivity index (χ1n) is 10.7. The Bertz CT molecular complexity index is 1400. The number of hydrogen-bond donors (Lipinski definition) is 1. The molecule has 0 saturated heterocycles. The van der Waals surface area contributed by atoms with Crippen molar-refractivity contribution in [2.75, 3.05) is 0 Å². The molecule has 33 heavy (non-hydrogen) atoms. The van der Waals surface area contributed by atoms with Gasteiger partial charge in [0.2, 0.25) is 5.89 Å². The number of amidine groups is 2. The zero-order valence-corrected chi connectivity index (χ0v) is 17.9. The minimum atomic E-state index is 0.398. The second-order valence-electron chi connectivity index (χ2n) is 7.52. The van der Waals surface area contributed by atoms with Gasteiger partial charge in [0.25, 0.3) is 0 Å². The van der Waals surface area contributed by atoms with Crippen LogP contribution in [-0.4, -0.2) is 16.7 Å². The molecular formula is C28H22N4O. The molecule has 0 aliphatic rings. The average Bonchev–Trinajstić information content (AvgIpc) is 3.32. The van der Waals surface area contributed by atoms with Crippen LogP contribution in [0.5, 0.6) is 0 Å². The number of aromatic nitrogens is 1. The van der Waals surface area contributed by atoms with Gasteiger partial charge in [-0.05, 0) is 23.8 Å². The number of fused-ring (bicyclic) bond motifs is 1. The summed E-state index contributed by atoms with van der Waals surface area (Å²) in [5.41, 5.74) is 11.5. The first kappa shape index (κ1) is 20.4. The second-order valence-corrected chi connectivity index (χ2v) is 7.52. The molecule has 5 nitrogen and oxygen atoms in total. The quantitative estimate of drug-likeness (QED) is 0.281. The van der Waals surface area contributed by atoms with Crippen molar-refractivity contribution in [2.45, 2.75) is 6.54 Å². The highest BCUT2D eigenvalue weighted by atomic mass is 16.3. The fourth-order valence-corrected chi connectivity index (χ4v) is 3.57. The highest BCUT2D eigenvalue weighted by molar-refractivity contribution is 6.13. The third-order valence-electron chi connectivity index (χ3n) is 5.24. The Balaban J connectivity index is 1.62. The van der Waals surface area contributed by atoms with Gasteiger partial charge in [-0.2, -0.15) is 0 Å². The summed E-state index contributed by atoms with van der Waals surface area (Å²) in [5, 5.41) is 0. The molecule has 0 saturated carbocycles. The topological polar surface area (TPSA) is 76.8 Å². The van der Waals surface area contributed by atoms with Gasteiger partial charge in [-0.1, -0.05) is 91.0 Å². The largest absolute Gasteiger partial charge is 0.436 e. The molecule has 0 aliphatic carbocycles. The lowest BCUT2D eigenvalue weighted by molar-refractivity contribution is 0.619. The molecule has 0 aliphatic heterocycles. The predicted octanol–water partition coefficient (Wildman–Crippen LogP) is 5.85. The fraction of sp³-hybridized carbons (Fsp3) is 0.0357. The number of aliphatic imine (C=N–C) groups is 2. The van der Waals surface area contributed by atoms with Gasteiger partial charge in [0.1, 0.15) is 11.4 Å². The normalized spacial score (nSPS) is 12.2. The van der Waals surface area contributed by atoms with E-state index in [2.05, 4.69) is 4.98 Å². The summed E-state index contributed by atoms with van der Waals surface area (Å²) in [6, 6.07) is 35.3. The summed E-state index contributed by atoms with van der Waals surface area (Å²) in [6.07, 6.45) is 0. The maximum Gasteiger partial charge on any atom is 0.228 e. The second kappa shape index (κ2) is 9.32. The molecule has 4 aromatic carbocycles. The molecule has 5 heteroatoms. The maximum atomic E-state index is 6.38. The Morgan fingerprint density at radius 2 is 1.42 bits per heavy atom. The Kier molecular flexibility index (Phi) is 5.76. The number of nitrogens with zero attached hydrogens (tertiary/aromatic N) is 3. The molecule has 0 unspecified atom stereocenters. The van der Waals surface area contributed by atoms with E-state index in [0.29, 0.717) is 24.1 Å². The van der Waals surface area contributed by atoms with E-state index in [1.807, 2.05) is 109 Å². The van der Waals surface area contributed by atoms with Gasteiger partial charge >= 0.3 is 0 Å². The lowest BCUT2D eigenvalue weighted by atomic mass is 10.1. The number of nitrogens with two attached hydrogens (primary N) is 1. The molecule has 2 N–H and O–H groups in total. The van der Waals surface area contributed by atoms with Crippen LogP contribution in [0.25, 0.3) is 22.6 Å². The Morgan fingerprint density at radius 3 is 2.21 bits per heavy atom. The van der Waals surface area contributed by atoms with E-state index in [1.165, 1.54) is 0 Å². The van der Waals surface area contributed by atoms with Crippen molar-refractivity contribution in [3.05, 3.63) is 126 Å². The van der Waals surface area contributed by atoms with Crippen molar-refractivity contribution in [3.8, 4) is 11.5 Å². The van der Waals surface area contributed by atoms with E-state index in [1.54, 1.807) is 0 Å². The van der Waals surface area contributed by atoms with Gasteiger partial charge in [-0.3, -0.25) is 4.99 Å². The Morgan fingerprint density at radius 1 is 0.758 bits per heavy atom.